The summed E-state index contributed by atoms with van der Waals surface area (Å²) in [6.45, 7) is 6.25. The normalized spacial score (nSPS) is 25.9. The molecule has 0 amide bonds. The Kier molecular flexibility index (Phi) is 4.71. The van der Waals surface area contributed by atoms with Crippen LogP contribution in [0.3, 0.4) is 0 Å². The molecule has 2 N–H and O–H groups in total. The maximum absolute atomic E-state index is 6.08. The van der Waals surface area contributed by atoms with E-state index in [2.05, 4.69) is 37.9 Å². The van der Waals surface area contributed by atoms with E-state index in [0.717, 1.165) is 30.7 Å². The first-order valence-corrected chi connectivity index (χ1v) is 7.55. The molecule has 1 aliphatic rings. The SMILES string of the molecule is COc1ccccc1CN(C)C1(CN)CC(C(C)C)C1. The van der Waals surface area contributed by atoms with Gasteiger partial charge in [-0.1, -0.05) is 32.0 Å². The summed E-state index contributed by atoms with van der Waals surface area (Å²) in [4.78, 5) is 2.42. The predicted octanol–water partition coefficient (Wildman–Crippen LogP) is 2.89. The summed E-state index contributed by atoms with van der Waals surface area (Å²) in [6.07, 6.45) is 2.43. The van der Waals surface area contributed by atoms with Gasteiger partial charge in [-0.25, -0.2) is 0 Å². The summed E-state index contributed by atoms with van der Waals surface area (Å²) in [5, 5.41) is 0. The van der Waals surface area contributed by atoms with Gasteiger partial charge in [-0.3, -0.25) is 4.90 Å². The first kappa shape index (κ1) is 15.3. The highest BCUT2D eigenvalue weighted by Gasteiger charge is 2.46. The van der Waals surface area contributed by atoms with Gasteiger partial charge in [0.1, 0.15) is 5.75 Å². The molecule has 3 heteroatoms. The molecule has 112 valence electrons. The minimum atomic E-state index is 0.176. The van der Waals surface area contributed by atoms with Crippen LogP contribution in [0.2, 0.25) is 0 Å². The van der Waals surface area contributed by atoms with E-state index in [9.17, 15) is 0 Å². The molecule has 0 aromatic heterocycles. The van der Waals surface area contributed by atoms with Gasteiger partial charge in [-0.05, 0) is 37.8 Å². The van der Waals surface area contributed by atoms with E-state index in [0.29, 0.717) is 0 Å². The standard InChI is InChI=1S/C17H28N2O/c1-13(2)15-9-17(10-15,12-18)19(3)11-14-7-5-6-8-16(14)20-4/h5-8,13,15H,9-12,18H2,1-4H3. The maximum Gasteiger partial charge on any atom is 0.123 e. The molecule has 2 rings (SSSR count). The van der Waals surface area contributed by atoms with Gasteiger partial charge in [0.2, 0.25) is 0 Å². The molecule has 0 atom stereocenters. The smallest absolute Gasteiger partial charge is 0.123 e. The molecule has 1 fully saturated rings. The van der Waals surface area contributed by atoms with Crippen LogP contribution in [0, 0.1) is 11.8 Å². The van der Waals surface area contributed by atoms with Crippen molar-refractivity contribution in [1.29, 1.82) is 0 Å². The van der Waals surface area contributed by atoms with E-state index in [1.165, 1.54) is 18.4 Å². The van der Waals surface area contributed by atoms with Gasteiger partial charge < -0.3 is 10.5 Å². The van der Waals surface area contributed by atoms with E-state index in [1.54, 1.807) is 7.11 Å². The van der Waals surface area contributed by atoms with E-state index in [4.69, 9.17) is 10.5 Å². The van der Waals surface area contributed by atoms with Crippen molar-refractivity contribution in [3.63, 3.8) is 0 Å². The predicted molar refractivity (Wildman–Crippen MR) is 83.8 cm³/mol. The molecular weight excluding hydrogens is 248 g/mol. The molecule has 1 aliphatic carbocycles. The number of methoxy groups -OCH3 is 1. The quantitative estimate of drug-likeness (QED) is 0.868. The van der Waals surface area contributed by atoms with Gasteiger partial charge in [-0.15, -0.1) is 0 Å². The number of nitrogens with zero attached hydrogens (tertiary/aromatic N) is 1. The average Bonchev–Trinajstić information content (AvgIpc) is 2.38. The fourth-order valence-corrected chi connectivity index (χ4v) is 3.28. The number of rotatable bonds is 6. The van der Waals surface area contributed by atoms with Crippen molar-refractivity contribution >= 4 is 0 Å². The number of nitrogens with two attached hydrogens (primary N) is 1. The highest BCUT2D eigenvalue weighted by molar-refractivity contribution is 5.33. The second kappa shape index (κ2) is 6.15. The van der Waals surface area contributed by atoms with E-state index >= 15 is 0 Å². The molecule has 0 radical (unpaired) electrons. The molecule has 1 aromatic carbocycles. The van der Waals surface area contributed by atoms with E-state index < -0.39 is 0 Å². The van der Waals surface area contributed by atoms with Crippen LogP contribution in [0.1, 0.15) is 32.3 Å². The van der Waals surface area contributed by atoms with Crippen LogP contribution in [0.15, 0.2) is 24.3 Å². The zero-order valence-electron chi connectivity index (χ0n) is 13.2. The van der Waals surface area contributed by atoms with Crippen LogP contribution >= 0.6 is 0 Å². The Hall–Kier alpha value is -1.06. The van der Waals surface area contributed by atoms with Crippen LogP contribution in [-0.2, 0) is 6.54 Å². The summed E-state index contributed by atoms with van der Waals surface area (Å²) < 4.78 is 5.45. The molecule has 0 spiro atoms. The minimum Gasteiger partial charge on any atom is -0.496 e. The number of para-hydroxylation sites is 1. The van der Waals surface area contributed by atoms with Crippen LogP contribution in [0.4, 0.5) is 0 Å². The number of ether oxygens (including phenoxy) is 1. The monoisotopic (exact) mass is 276 g/mol. The molecule has 3 nitrogen and oxygen atoms in total. The molecule has 0 unspecified atom stereocenters. The molecule has 0 bridgehead atoms. The van der Waals surface area contributed by atoms with Crippen molar-refractivity contribution in [3.05, 3.63) is 29.8 Å². The van der Waals surface area contributed by atoms with Gasteiger partial charge >= 0.3 is 0 Å². The van der Waals surface area contributed by atoms with E-state index in [-0.39, 0.29) is 5.54 Å². The van der Waals surface area contributed by atoms with Gasteiger partial charge in [0, 0.05) is 24.2 Å². The Morgan fingerprint density at radius 2 is 2.00 bits per heavy atom. The van der Waals surface area contributed by atoms with Crippen LogP contribution in [0.25, 0.3) is 0 Å². The first-order valence-electron chi connectivity index (χ1n) is 7.55. The van der Waals surface area contributed by atoms with Gasteiger partial charge in [0.25, 0.3) is 0 Å². The van der Waals surface area contributed by atoms with Gasteiger partial charge in [-0.2, -0.15) is 0 Å². The van der Waals surface area contributed by atoms with Crippen molar-refractivity contribution in [2.24, 2.45) is 17.6 Å². The molecule has 20 heavy (non-hydrogen) atoms. The summed E-state index contributed by atoms with van der Waals surface area (Å²) >= 11 is 0. The molecule has 0 saturated heterocycles. The third kappa shape index (κ3) is 2.84. The van der Waals surface area contributed by atoms with Crippen molar-refractivity contribution < 1.29 is 4.74 Å². The topological polar surface area (TPSA) is 38.5 Å². The zero-order valence-corrected chi connectivity index (χ0v) is 13.2. The minimum absolute atomic E-state index is 0.176. The van der Waals surface area contributed by atoms with Crippen LogP contribution in [0.5, 0.6) is 5.75 Å². The fraction of sp³-hybridized carbons (Fsp3) is 0.647. The first-order chi connectivity index (χ1) is 9.52. The van der Waals surface area contributed by atoms with E-state index in [1.807, 2.05) is 12.1 Å². The Balaban J connectivity index is 2.05. The summed E-state index contributed by atoms with van der Waals surface area (Å²) in [5.74, 6) is 2.54. The van der Waals surface area contributed by atoms with Gasteiger partial charge in [0.15, 0.2) is 0 Å². The Morgan fingerprint density at radius 3 is 2.55 bits per heavy atom. The fourth-order valence-electron chi connectivity index (χ4n) is 3.28. The number of hydrogen-bond acceptors (Lipinski definition) is 3. The molecule has 0 aliphatic heterocycles. The Labute approximate surface area is 123 Å². The van der Waals surface area contributed by atoms with Crippen molar-refractivity contribution in [2.45, 2.75) is 38.8 Å². The zero-order chi connectivity index (χ0) is 14.8. The van der Waals surface area contributed by atoms with Gasteiger partial charge in [0.05, 0.1) is 7.11 Å². The third-order valence-corrected chi connectivity index (χ3v) is 5.02. The largest absolute Gasteiger partial charge is 0.496 e. The van der Waals surface area contributed by atoms with Crippen molar-refractivity contribution in [3.8, 4) is 5.75 Å². The molecule has 1 saturated carbocycles. The second-order valence-corrected chi connectivity index (χ2v) is 6.51. The summed E-state index contributed by atoms with van der Waals surface area (Å²) in [5.41, 5.74) is 7.49. The van der Waals surface area contributed by atoms with Crippen molar-refractivity contribution in [2.75, 3.05) is 20.7 Å². The molecule has 1 aromatic rings. The maximum atomic E-state index is 6.08. The lowest BCUT2D eigenvalue weighted by molar-refractivity contribution is -0.0246. The highest BCUT2D eigenvalue weighted by Crippen LogP contribution is 2.45. The third-order valence-electron chi connectivity index (χ3n) is 5.02. The average molecular weight is 276 g/mol. The lowest BCUT2D eigenvalue weighted by Crippen LogP contribution is -2.60. The Bertz CT molecular complexity index is 438. The summed E-state index contributed by atoms with van der Waals surface area (Å²) in [6, 6.07) is 8.24. The number of likely N-dealkylation sites (N-methyl/N-ethyl adjacent to an activating group) is 1. The highest BCUT2D eigenvalue weighted by atomic mass is 16.5. The van der Waals surface area contributed by atoms with Crippen LogP contribution in [-0.4, -0.2) is 31.1 Å². The Morgan fingerprint density at radius 1 is 1.35 bits per heavy atom. The van der Waals surface area contributed by atoms with Crippen LogP contribution < -0.4 is 10.5 Å². The molecular formula is C17H28N2O. The summed E-state index contributed by atoms with van der Waals surface area (Å²) in [7, 11) is 3.92. The molecule has 0 heterocycles. The number of hydrogen-bond donors (Lipinski definition) is 1. The lowest BCUT2D eigenvalue weighted by Gasteiger charge is -2.54. The van der Waals surface area contributed by atoms with Crippen molar-refractivity contribution in [1.82, 2.24) is 4.90 Å². The lowest BCUT2D eigenvalue weighted by atomic mass is 9.63. The second-order valence-electron chi connectivity index (χ2n) is 6.51. The number of benzene rings is 1.